The van der Waals surface area contributed by atoms with Crippen molar-refractivity contribution in [2.24, 2.45) is 0 Å². The highest BCUT2D eigenvalue weighted by Crippen LogP contribution is 2.39. The molecular formula is C75H58B2N2. The highest BCUT2D eigenvalue weighted by molar-refractivity contribution is 7.00. The first-order valence-electron chi connectivity index (χ1n) is 27.6. The van der Waals surface area contributed by atoms with Crippen molar-refractivity contribution in [1.29, 1.82) is 0 Å². The summed E-state index contributed by atoms with van der Waals surface area (Å²) in [6.07, 6.45) is 0. The Bertz CT molecular complexity index is 4090. The summed E-state index contributed by atoms with van der Waals surface area (Å²) in [6, 6.07) is 108. The largest absolute Gasteiger partial charge is 0.312 e. The van der Waals surface area contributed by atoms with Crippen LogP contribution in [0.1, 0.15) is 16.7 Å². The van der Waals surface area contributed by atoms with Gasteiger partial charge in [-0.25, -0.2) is 0 Å². The Kier molecular flexibility index (Phi) is 13.3. The first-order valence-corrected chi connectivity index (χ1v) is 27.6. The molecule has 12 aromatic carbocycles. The number of aryl methyl sites for hydroxylation is 3. The van der Waals surface area contributed by atoms with Gasteiger partial charge in [0, 0.05) is 34.1 Å². The van der Waals surface area contributed by atoms with E-state index in [-0.39, 0.29) is 13.4 Å². The van der Waals surface area contributed by atoms with Crippen LogP contribution >= 0.6 is 0 Å². The van der Waals surface area contributed by atoms with Gasteiger partial charge in [0.15, 0.2) is 0 Å². The average Bonchev–Trinajstić information content (AvgIpc) is 3.53. The van der Waals surface area contributed by atoms with Gasteiger partial charge < -0.3 is 9.80 Å². The van der Waals surface area contributed by atoms with Crippen molar-refractivity contribution in [3.8, 4) is 44.5 Å². The maximum absolute atomic E-state index is 2.43. The second kappa shape index (κ2) is 21.4. The Balaban J connectivity index is 0.000000150. The number of para-hydroxylation sites is 5. The molecule has 0 amide bonds. The lowest BCUT2D eigenvalue weighted by atomic mass is 9.33. The fourth-order valence-electron chi connectivity index (χ4n) is 12.5. The molecule has 14 rings (SSSR count). The van der Waals surface area contributed by atoms with Crippen molar-refractivity contribution in [3.05, 3.63) is 314 Å². The summed E-state index contributed by atoms with van der Waals surface area (Å²) in [4.78, 5) is 4.84. The van der Waals surface area contributed by atoms with Crippen molar-refractivity contribution >= 4 is 80.3 Å². The zero-order valence-electron chi connectivity index (χ0n) is 44.8. The van der Waals surface area contributed by atoms with Crippen LogP contribution in [0.25, 0.3) is 44.5 Å². The molecule has 0 unspecified atom stereocenters. The zero-order chi connectivity index (χ0) is 53.2. The molecule has 0 radical (unpaired) electrons. The third-order valence-corrected chi connectivity index (χ3v) is 15.8. The molecule has 0 N–H and O–H groups in total. The van der Waals surface area contributed by atoms with E-state index in [0.29, 0.717) is 0 Å². The lowest BCUT2D eigenvalue weighted by Crippen LogP contribution is -2.58. The second-order valence-corrected chi connectivity index (χ2v) is 21.0. The van der Waals surface area contributed by atoms with Crippen molar-refractivity contribution in [2.75, 3.05) is 9.80 Å². The molecule has 0 saturated heterocycles. The van der Waals surface area contributed by atoms with Gasteiger partial charge in [-0.3, -0.25) is 0 Å². The van der Waals surface area contributed by atoms with Gasteiger partial charge >= 0.3 is 0 Å². The molecule has 12 aromatic rings. The van der Waals surface area contributed by atoms with E-state index in [2.05, 4.69) is 328 Å². The van der Waals surface area contributed by atoms with E-state index in [1.807, 2.05) is 0 Å². The molecule has 79 heavy (non-hydrogen) atoms. The van der Waals surface area contributed by atoms with Crippen LogP contribution in [0.15, 0.2) is 297 Å². The number of fused-ring (bicyclic) bond motifs is 4. The number of benzene rings is 12. The van der Waals surface area contributed by atoms with Crippen LogP contribution in [0.3, 0.4) is 0 Å². The average molecular weight is 1010 g/mol. The molecule has 374 valence electrons. The van der Waals surface area contributed by atoms with E-state index in [0.717, 1.165) is 0 Å². The van der Waals surface area contributed by atoms with Crippen LogP contribution < -0.4 is 42.6 Å². The number of nitrogens with zero attached hydrogens (tertiary/aromatic N) is 2. The number of hydrogen-bond donors (Lipinski definition) is 0. The minimum Gasteiger partial charge on any atom is -0.312 e. The number of hydrogen-bond acceptors (Lipinski definition) is 2. The van der Waals surface area contributed by atoms with Gasteiger partial charge in [0.25, 0.3) is 0 Å². The SMILES string of the molecule is Cc1cccc(-c2cccc(-c3ccccc3)c2B2c3ccccc3N(c3ccccc3)c3ccc(C)cc32)c1.Cc1cccc(-c2cccc(-c3ccccc3)c2B2c3ccccc3N(c3ccccc3)c3ccccc32)c1. The summed E-state index contributed by atoms with van der Waals surface area (Å²) >= 11 is 0. The maximum atomic E-state index is 2.43. The molecule has 2 nitrogen and oxygen atoms in total. The van der Waals surface area contributed by atoms with Gasteiger partial charge in [-0.2, -0.15) is 0 Å². The predicted molar refractivity (Wildman–Crippen MR) is 340 cm³/mol. The minimum absolute atomic E-state index is 0.0676. The Morgan fingerprint density at radius 2 is 0.532 bits per heavy atom. The van der Waals surface area contributed by atoms with E-state index >= 15 is 0 Å². The van der Waals surface area contributed by atoms with Gasteiger partial charge in [-0.05, 0) is 136 Å². The van der Waals surface area contributed by atoms with Crippen LogP contribution in [-0.4, -0.2) is 13.4 Å². The number of anilines is 6. The van der Waals surface area contributed by atoms with E-state index in [1.165, 1.54) is 128 Å². The summed E-state index contributed by atoms with van der Waals surface area (Å²) in [5.74, 6) is 0. The zero-order valence-corrected chi connectivity index (χ0v) is 44.8. The molecule has 2 heterocycles. The molecule has 0 bridgehead atoms. The monoisotopic (exact) mass is 1010 g/mol. The molecule has 0 aliphatic carbocycles. The molecule has 0 atom stereocenters. The first kappa shape index (κ1) is 49.0. The van der Waals surface area contributed by atoms with Gasteiger partial charge in [-0.15, -0.1) is 0 Å². The molecule has 0 spiro atoms. The lowest BCUT2D eigenvalue weighted by Gasteiger charge is -2.38. The lowest BCUT2D eigenvalue weighted by molar-refractivity contribution is 1.28. The van der Waals surface area contributed by atoms with Crippen molar-refractivity contribution in [2.45, 2.75) is 20.8 Å². The van der Waals surface area contributed by atoms with Crippen LogP contribution in [0.4, 0.5) is 34.1 Å². The van der Waals surface area contributed by atoms with Crippen LogP contribution in [0, 0.1) is 20.8 Å². The van der Waals surface area contributed by atoms with E-state index in [9.17, 15) is 0 Å². The summed E-state index contributed by atoms with van der Waals surface area (Å²) in [6.45, 7) is 6.70. The standard InChI is InChI=1S/C38H30BN.C37H28BN/c1-27-13-11-16-30(25-27)33-20-12-19-32(29-14-5-3-6-15-29)38(33)39-34-21-9-10-22-36(34)40(31-17-7-4-8-18-31)37-24-23-28(2)26-35(37)39;1-27-14-12-17-29(26-27)32-21-13-20-31(28-15-4-2-5-16-28)37(32)38-33-22-8-10-24-35(33)39(30-18-6-3-7-19-30)36-25-11-9-23-34(36)38/h3-26H,1-2H3;2-26H,1H3. The fraction of sp³-hybridized carbons (Fsp3) is 0.0400. The number of rotatable bonds is 8. The van der Waals surface area contributed by atoms with Crippen molar-refractivity contribution < 1.29 is 0 Å². The first-order chi connectivity index (χ1) is 39.0. The molecule has 2 aliphatic rings. The Hall–Kier alpha value is -9.63. The summed E-state index contributed by atoms with van der Waals surface area (Å²) < 4.78 is 0. The summed E-state index contributed by atoms with van der Waals surface area (Å²) in [5, 5.41) is 0. The third kappa shape index (κ3) is 9.26. The van der Waals surface area contributed by atoms with Gasteiger partial charge in [0.1, 0.15) is 0 Å². The van der Waals surface area contributed by atoms with Crippen LogP contribution in [0.2, 0.25) is 0 Å². The Morgan fingerprint density at radius 1 is 0.228 bits per heavy atom. The van der Waals surface area contributed by atoms with Crippen LogP contribution in [0.5, 0.6) is 0 Å². The van der Waals surface area contributed by atoms with Crippen molar-refractivity contribution in [1.82, 2.24) is 0 Å². The van der Waals surface area contributed by atoms with Gasteiger partial charge in [-0.1, -0.05) is 276 Å². The molecule has 2 aliphatic heterocycles. The van der Waals surface area contributed by atoms with E-state index in [1.54, 1.807) is 0 Å². The van der Waals surface area contributed by atoms with Crippen LogP contribution in [-0.2, 0) is 0 Å². The fourth-order valence-corrected chi connectivity index (χ4v) is 12.5. The molecule has 0 fully saturated rings. The molecule has 0 aromatic heterocycles. The summed E-state index contributed by atoms with van der Waals surface area (Å²) in [7, 11) is 0. The topological polar surface area (TPSA) is 6.48 Å². The van der Waals surface area contributed by atoms with E-state index in [4.69, 9.17) is 0 Å². The predicted octanol–water partition coefficient (Wildman–Crippen LogP) is 15.6. The van der Waals surface area contributed by atoms with Gasteiger partial charge in [0.05, 0.1) is 0 Å². The normalized spacial score (nSPS) is 12.1. The minimum atomic E-state index is 0.0676. The van der Waals surface area contributed by atoms with Gasteiger partial charge in [0.2, 0.25) is 13.4 Å². The Morgan fingerprint density at radius 3 is 0.937 bits per heavy atom. The molecular weight excluding hydrogens is 950 g/mol. The molecule has 0 saturated carbocycles. The third-order valence-electron chi connectivity index (χ3n) is 15.8. The Labute approximate surface area is 466 Å². The molecule has 4 heteroatoms. The van der Waals surface area contributed by atoms with Crippen molar-refractivity contribution in [3.63, 3.8) is 0 Å². The smallest absolute Gasteiger partial charge is 0.248 e. The maximum Gasteiger partial charge on any atom is 0.248 e. The summed E-state index contributed by atoms with van der Waals surface area (Å²) in [5.41, 5.74) is 29.2. The second-order valence-electron chi connectivity index (χ2n) is 21.0. The highest BCUT2D eigenvalue weighted by atomic mass is 15.2. The quantitative estimate of drug-likeness (QED) is 0.140. The highest BCUT2D eigenvalue weighted by Gasteiger charge is 2.39. The van der Waals surface area contributed by atoms with E-state index < -0.39 is 0 Å².